The summed E-state index contributed by atoms with van der Waals surface area (Å²) in [6.45, 7) is 1.35. The predicted octanol–water partition coefficient (Wildman–Crippen LogP) is 0.656. The maximum Gasteiger partial charge on any atom is 0.260 e. The van der Waals surface area contributed by atoms with Crippen LogP contribution >= 0.6 is 0 Å². The van der Waals surface area contributed by atoms with Crippen LogP contribution in [0.5, 0.6) is 5.75 Å². The second kappa shape index (κ2) is 6.03. The van der Waals surface area contributed by atoms with Gasteiger partial charge >= 0.3 is 0 Å². The van der Waals surface area contributed by atoms with Gasteiger partial charge in [-0.3, -0.25) is 4.79 Å². The van der Waals surface area contributed by atoms with Gasteiger partial charge in [0.1, 0.15) is 5.75 Å². The van der Waals surface area contributed by atoms with E-state index >= 15 is 0 Å². The van der Waals surface area contributed by atoms with Gasteiger partial charge in [0.05, 0.1) is 12.2 Å². The van der Waals surface area contributed by atoms with Gasteiger partial charge < -0.3 is 19.8 Å². The number of para-hydroxylation sites is 1. The van der Waals surface area contributed by atoms with E-state index in [1.165, 1.54) is 0 Å². The Hall–Kier alpha value is -1.59. The number of fused-ring (bicyclic) bond motifs is 1. The van der Waals surface area contributed by atoms with Crippen molar-refractivity contribution in [3.05, 3.63) is 30.3 Å². The lowest BCUT2D eigenvalue weighted by molar-refractivity contribution is -0.132. The van der Waals surface area contributed by atoms with E-state index < -0.39 is 12.2 Å². The molecule has 3 rings (SSSR count). The minimum atomic E-state index is -0.651. The summed E-state index contributed by atoms with van der Waals surface area (Å²) in [7, 11) is 0. The molecule has 0 spiro atoms. The van der Waals surface area contributed by atoms with Gasteiger partial charge in [-0.05, 0) is 36.8 Å². The summed E-state index contributed by atoms with van der Waals surface area (Å²) in [5.74, 6) is 1.25. The largest absolute Gasteiger partial charge is 0.484 e. The Morgan fingerprint density at radius 3 is 2.24 bits per heavy atom. The Bertz CT molecular complexity index is 474. The van der Waals surface area contributed by atoms with Crippen LogP contribution in [-0.4, -0.2) is 52.9 Å². The highest BCUT2D eigenvalue weighted by Gasteiger charge is 2.42. The first-order chi connectivity index (χ1) is 10.1. The number of likely N-dealkylation sites (tertiary alicyclic amines) is 1. The molecule has 0 bridgehead atoms. The molecule has 1 amide bonds. The molecular formula is C16H21NO4. The Morgan fingerprint density at radius 2 is 1.67 bits per heavy atom. The Morgan fingerprint density at radius 1 is 1.10 bits per heavy atom. The first-order valence-corrected chi connectivity index (χ1v) is 7.45. The number of aliphatic hydroxyl groups is 2. The van der Waals surface area contributed by atoms with Crippen molar-refractivity contribution in [2.75, 3.05) is 19.7 Å². The van der Waals surface area contributed by atoms with E-state index in [-0.39, 0.29) is 12.5 Å². The summed E-state index contributed by atoms with van der Waals surface area (Å²) in [5, 5.41) is 19.4. The zero-order valence-corrected chi connectivity index (χ0v) is 11.9. The normalized spacial score (nSPS) is 31.8. The summed E-state index contributed by atoms with van der Waals surface area (Å²) >= 11 is 0. The lowest BCUT2D eigenvalue weighted by Crippen LogP contribution is -2.38. The molecule has 1 aliphatic carbocycles. The van der Waals surface area contributed by atoms with Crippen molar-refractivity contribution >= 4 is 5.91 Å². The fourth-order valence-electron chi connectivity index (χ4n) is 3.36. The van der Waals surface area contributed by atoms with Crippen LogP contribution in [0.2, 0.25) is 0 Å². The molecule has 0 radical (unpaired) electrons. The first-order valence-electron chi connectivity index (χ1n) is 7.45. The third-order valence-corrected chi connectivity index (χ3v) is 4.57. The lowest BCUT2D eigenvalue weighted by atomic mass is 9.79. The van der Waals surface area contributed by atoms with E-state index in [4.69, 9.17) is 4.74 Å². The van der Waals surface area contributed by atoms with Crippen molar-refractivity contribution in [2.45, 2.75) is 25.0 Å². The smallest absolute Gasteiger partial charge is 0.260 e. The molecular weight excluding hydrogens is 270 g/mol. The molecule has 1 aliphatic heterocycles. The molecule has 1 aromatic carbocycles. The SMILES string of the molecule is O=C(COc1ccccc1)N1C[C@H]2C[C@@H](O)[C@H](O)C[C@H]2C1. The van der Waals surface area contributed by atoms with Gasteiger partial charge in [0, 0.05) is 13.1 Å². The number of aliphatic hydroxyl groups excluding tert-OH is 2. The summed E-state index contributed by atoms with van der Waals surface area (Å²) < 4.78 is 5.49. The fourth-order valence-corrected chi connectivity index (χ4v) is 3.36. The Kier molecular flexibility index (Phi) is 4.12. The Labute approximate surface area is 124 Å². The molecule has 0 aromatic heterocycles. The summed E-state index contributed by atoms with van der Waals surface area (Å²) in [4.78, 5) is 14.0. The summed E-state index contributed by atoms with van der Waals surface area (Å²) in [5.41, 5.74) is 0. The molecule has 1 heterocycles. The number of rotatable bonds is 3. The number of hydrogen-bond donors (Lipinski definition) is 2. The number of benzene rings is 1. The number of hydrogen-bond acceptors (Lipinski definition) is 4. The van der Waals surface area contributed by atoms with Crippen molar-refractivity contribution in [2.24, 2.45) is 11.8 Å². The van der Waals surface area contributed by atoms with Gasteiger partial charge in [-0.25, -0.2) is 0 Å². The zero-order valence-electron chi connectivity index (χ0n) is 11.9. The quantitative estimate of drug-likeness (QED) is 0.858. The minimum absolute atomic E-state index is 0.0303. The van der Waals surface area contributed by atoms with Crippen LogP contribution < -0.4 is 4.74 Å². The summed E-state index contributed by atoms with van der Waals surface area (Å²) in [6, 6.07) is 9.28. The molecule has 1 saturated heterocycles. The van der Waals surface area contributed by atoms with Gasteiger partial charge in [-0.1, -0.05) is 18.2 Å². The molecule has 5 heteroatoms. The molecule has 1 aromatic rings. The van der Waals surface area contributed by atoms with Crippen LogP contribution in [-0.2, 0) is 4.79 Å². The monoisotopic (exact) mass is 291 g/mol. The zero-order chi connectivity index (χ0) is 14.8. The average molecular weight is 291 g/mol. The number of nitrogens with zero attached hydrogens (tertiary/aromatic N) is 1. The molecule has 2 aliphatic rings. The number of carbonyl (C=O) groups excluding carboxylic acids is 1. The van der Waals surface area contributed by atoms with Crippen molar-refractivity contribution in [1.82, 2.24) is 4.90 Å². The van der Waals surface area contributed by atoms with Crippen LogP contribution in [0.1, 0.15) is 12.8 Å². The van der Waals surface area contributed by atoms with Crippen molar-refractivity contribution < 1.29 is 19.7 Å². The molecule has 21 heavy (non-hydrogen) atoms. The van der Waals surface area contributed by atoms with E-state index in [0.29, 0.717) is 43.5 Å². The van der Waals surface area contributed by atoms with Crippen LogP contribution in [0.25, 0.3) is 0 Å². The van der Waals surface area contributed by atoms with Gasteiger partial charge in [-0.15, -0.1) is 0 Å². The van der Waals surface area contributed by atoms with Crippen LogP contribution in [0, 0.1) is 11.8 Å². The molecule has 2 N–H and O–H groups in total. The average Bonchev–Trinajstić information content (AvgIpc) is 2.89. The molecule has 2 fully saturated rings. The number of carbonyl (C=O) groups is 1. The van der Waals surface area contributed by atoms with E-state index in [0.717, 1.165) is 0 Å². The third kappa shape index (κ3) is 3.19. The topological polar surface area (TPSA) is 70.0 Å². The van der Waals surface area contributed by atoms with E-state index in [1.807, 2.05) is 30.3 Å². The maximum atomic E-state index is 12.2. The second-order valence-electron chi connectivity index (χ2n) is 6.03. The first kappa shape index (κ1) is 14.4. The van der Waals surface area contributed by atoms with E-state index in [2.05, 4.69) is 0 Å². The van der Waals surface area contributed by atoms with Gasteiger partial charge in [0.25, 0.3) is 5.91 Å². The minimum Gasteiger partial charge on any atom is -0.484 e. The Balaban J connectivity index is 1.53. The molecule has 114 valence electrons. The third-order valence-electron chi connectivity index (χ3n) is 4.57. The molecule has 0 unspecified atom stereocenters. The van der Waals surface area contributed by atoms with E-state index in [1.54, 1.807) is 4.90 Å². The van der Waals surface area contributed by atoms with Crippen LogP contribution in [0.15, 0.2) is 30.3 Å². The second-order valence-corrected chi connectivity index (χ2v) is 6.03. The lowest BCUT2D eigenvalue weighted by Gasteiger charge is -2.31. The standard InChI is InChI=1S/C16H21NO4/c18-14-6-11-8-17(9-12(11)7-15(14)19)16(20)10-21-13-4-2-1-3-5-13/h1-5,11-12,14-15,18-19H,6-10H2/t11-,12+,14-,15-/m1/s1. The highest BCUT2D eigenvalue weighted by Crippen LogP contribution is 2.36. The highest BCUT2D eigenvalue weighted by atomic mass is 16.5. The molecule has 5 nitrogen and oxygen atoms in total. The highest BCUT2D eigenvalue weighted by molar-refractivity contribution is 5.78. The summed E-state index contributed by atoms with van der Waals surface area (Å²) in [6.07, 6.45) is -0.145. The number of ether oxygens (including phenoxy) is 1. The van der Waals surface area contributed by atoms with Crippen LogP contribution in [0.3, 0.4) is 0 Å². The van der Waals surface area contributed by atoms with Gasteiger partial charge in [0.2, 0.25) is 0 Å². The van der Waals surface area contributed by atoms with Crippen LogP contribution in [0.4, 0.5) is 0 Å². The number of amides is 1. The fraction of sp³-hybridized carbons (Fsp3) is 0.562. The molecule has 1 saturated carbocycles. The van der Waals surface area contributed by atoms with Gasteiger partial charge in [-0.2, -0.15) is 0 Å². The van der Waals surface area contributed by atoms with Crippen molar-refractivity contribution in [3.8, 4) is 5.75 Å². The predicted molar refractivity (Wildman–Crippen MR) is 76.7 cm³/mol. The van der Waals surface area contributed by atoms with Gasteiger partial charge in [0.15, 0.2) is 6.61 Å². The van der Waals surface area contributed by atoms with Crippen molar-refractivity contribution in [3.63, 3.8) is 0 Å². The van der Waals surface area contributed by atoms with Crippen molar-refractivity contribution in [1.29, 1.82) is 0 Å². The van der Waals surface area contributed by atoms with E-state index in [9.17, 15) is 15.0 Å². The molecule has 4 atom stereocenters. The maximum absolute atomic E-state index is 12.2.